The number of hydrogen-bond donors (Lipinski definition) is 1. The van der Waals surface area contributed by atoms with Gasteiger partial charge in [0.1, 0.15) is 6.61 Å². The van der Waals surface area contributed by atoms with Crippen LogP contribution in [0.25, 0.3) is 0 Å². The molecular weight excluding hydrogens is 717 g/mol. The van der Waals surface area contributed by atoms with E-state index in [0.29, 0.717) is 18.4 Å². The number of nitrogens with one attached hydrogen (secondary N) is 1. The fourth-order valence-electron chi connectivity index (χ4n) is 8.06. The van der Waals surface area contributed by atoms with Gasteiger partial charge in [-0.25, -0.2) is 4.79 Å². The molecule has 0 aromatic heterocycles. The van der Waals surface area contributed by atoms with Gasteiger partial charge in [-0.1, -0.05) is 44.2 Å². The first-order valence-corrected chi connectivity index (χ1v) is 14.2. The van der Waals surface area contributed by atoms with Crippen LogP contribution in [-0.2, 0) is 25.3 Å². The fourth-order valence-corrected chi connectivity index (χ4v) is 8.06. The zero-order valence-corrected chi connectivity index (χ0v) is 28.5. The first-order valence-electron chi connectivity index (χ1n) is 14.2. The molecule has 8 fully saturated rings. The van der Waals surface area contributed by atoms with E-state index in [-0.39, 0.29) is 72.2 Å². The van der Waals surface area contributed by atoms with Gasteiger partial charge in [0, 0.05) is 11.5 Å². The fraction of sp³-hybridized carbons (Fsp3) is 0.700. The Labute approximate surface area is 258 Å². The molecular formula is C30H43BN2O5U. The Kier molecular flexibility index (Phi) is 9.00. The molecule has 2 amide bonds. The zero-order chi connectivity index (χ0) is 27.3. The van der Waals surface area contributed by atoms with Crippen molar-refractivity contribution in [1.29, 1.82) is 0 Å². The number of rotatable bonds is 7. The Balaban J connectivity index is 0.000000662. The van der Waals surface area contributed by atoms with E-state index in [1.807, 2.05) is 24.6 Å². The SMILES string of the molecule is CC1(C)C23C[C@H]4OB([C@H](Cc5ccccc5)NC(=O)OC[C@H]5CCCN5[C-]=O)O[C@@]4(C)C1(C2)C3.C[C-](C)C.[U+2]. The van der Waals surface area contributed by atoms with Gasteiger partial charge in [-0.15, -0.1) is 0 Å². The topological polar surface area (TPSA) is 77.1 Å². The number of alkyl carbamates (subject to hydrolysis) is 1. The summed E-state index contributed by atoms with van der Waals surface area (Å²) >= 11 is 0. The van der Waals surface area contributed by atoms with Crippen molar-refractivity contribution in [3.05, 3.63) is 41.8 Å². The van der Waals surface area contributed by atoms with Crippen molar-refractivity contribution >= 4 is 19.6 Å². The van der Waals surface area contributed by atoms with Crippen molar-refractivity contribution in [3.8, 4) is 0 Å². The third-order valence-corrected chi connectivity index (χ3v) is 10.4. The second-order valence-corrected chi connectivity index (χ2v) is 13.4. The van der Waals surface area contributed by atoms with E-state index in [1.54, 1.807) is 4.90 Å². The number of likely N-dealkylation sites (tertiary alicyclic amines) is 1. The second kappa shape index (κ2) is 11.3. The van der Waals surface area contributed by atoms with Crippen molar-refractivity contribution in [2.24, 2.45) is 16.2 Å². The third kappa shape index (κ3) is 5.02. The summed E-state index contributed by atoms with van der Waals surface area (Å²) in [6.45, 7) is 14.1. The number of carbonyl (C=O) groups is 1. The van der Waals surface area contributed by atoms with Gasteiger partial charge in [0.2, 0.25) is 0 Å². The van der Waals surface area contributed by atoms with E-state index in [9.17, 15) is 9.59 Å². The van der Waals surface area contributed by atoms with Crippen LogP contribution in [0, 0.1) is 53.3 Å². The molecule has 2 bridgehead atoms. The molecule has 0 radical (unpaired) electrons. The van der Waals surface area contributed by atoms with Gasteiger partial charge >= 0.3 is 44.3 Å². The van der Waals surface area contributed by atoms with Crippen molar-refractivity contribution in [2.75, 3.05) is 13.2 Å². The van der Waals surface area contributed by atoms with E-state index in [0.717, 1.165) is 24.8 Å². The molecule has 2 saturated heterocycles. The predicted octanol–water partition coefficient (Wildman–Crippen LogP) is 4.89. The maximum absolute atomic E-state index is 12.8. The van der Waals surface area contributed by atoms with Crippen LogP contribution >= 0.6 is 0 Å². The number of ether oxygens (including phenoxy) is 1. The average Bonchev–Trinajstić information content (AvgIpc) is 3.45. The van der Waals surface area contributed by atoms with Crippen molar-refractivity contribution in [3.63, 3.8) is 0 Å². The summed E-state index contributed by atoms with van der Waals surface area (Å²) in [5.41, 5.74) is 1.58. The van der Waals surface area contributed by atoms with Crippen LogP contribution in [0.15, 0.2) is 30.3 Å². The Morgan fingerprint density at radius 3 is 2.51 bits per heavy atom. The molecule has 0 spiro atoms. The third-order valence-electron chi connectivity index (χ3n) is 10.4. The van der Waals surface area contributed by atoms with Gasteiger partial charge in [0.15, 0.2) is 0 Å². The van der Waals surface area contributed by atoms with Crippen molar-refractivity contribution in [2.45, 2.75) is 104 Å². The average molecular weight is 761 g/mol. The van der Waals surface area contributed by atoms with Gasteiger partial charge in [-0.2, -0.15) is 27.2 Å². The number of benzene rings is 1. The largest absolute Gasteiger partial charge is 2.00 e. The molecule has 1 aromatic carbocycles. The molecule has 210 valence electrons. The minimum atomic E-state index is -0.531. The molecule has 0 unspecified atom stereocenters. The van der Waals surface area contributed by atoms with E-state index in [4.69, 9.17) is 14.0 Å². The molecule has 6 aliphatic carbocycles. The smallest absolute Gasteiger partial charge is 0.520 e. The zero-order valence-electron chi connectivity index (χ0n) is 24.3. The molecule has 1 aromatic rings. The summed E-state index contributed by atoms with van der Waals surface area (Å²) in [6.07, 6.45) is 7.28. The molecule has 39 heavy (non-hydrogen) atoms. The van der Waals surface area contributed by atoms with E-state index in [2.05, 4.69) is 59.0 Å². The minimum Gasteiger partial charge on any atom is -0.520 e. The standard InChI is InChI=1S/C26H34BN2O5.C4H9.U/c1-23(2)25-13-20-24(3,26(23,15-25)16-25)34-27(33-20)21(12-18-8-5-4-6-9-18)28-22(31)32-14-19-10-7-11-29(19)17-30;1-4(2)3;/h4-6,8-9,19-21H,7,10-16H2,1-3H3,(H,28,31);1-3H3;/q2*-1;+2/t19-,20-,21+,24-,25?,26?;;/m1../s1. The molecule has 1 N–H and O–H groups in total. The van der Waals surface area contributed by atoms with Crippen molar-refractivity contribution < 1.29 is 54.7 Å². The van der Waals surface area contributed by atoms with E-state index < -0.39 is 13.2 Å². The Hall–Kier alpha value is -1.00. The molecule has 9 heteroatoms. The summed E-state index contributed by atoms with van der Waals surface area (Å²) in [6, 6.07) is 9.98. The normalized spacial score (nSPS) is 35.4. The summed E-state index contributed by atoms with van der Waals surface area (Å²) < 4.78 is 18.9. The molecule has 8 aliphatic rings. The maximum atomic E-state index is 12.8. The van der Waals surface area contributed by atoms with Gasteiger partial charge in [-0.3, -0.25) is 0 Å². The van der Waals surface area contributed by atoms with Crippen LogP contribution in [0.2, 0.25) is 0 Å². The van der Waals surface area contributed by atoms with Crippen molar-refractivity contribution in [1.82, 2.24) is 10.2 Å². The monoisotopic (exact) mass is 760 g/mol. The molecule has 2 heterocycles. The number of hydrogen-bond acceptors (Lipinski definition) is 5. The maximum Gasteiger partial charge on any atom is 2.00 e. The van der Waals surface area contributed by atoms with Gasteiger partial charge in [0.25, 0.3) is 0 Å². The van der Waals surface area contributed by atoms with Crippen LogP contribution < -0.4 is 5.32 Å². The van der Waals surface area contributed by atoms with Crippen LogP contribution in [-0.4, -0.2) is 61.4 Å². The molecule has 6 saturated carbocycles. The summed E-state index contributed by atoms with van der Waals surface area (Å²) in [4.78, 5) is 25.5. The second-order valence-electron chi connectivity index (χ2n) is 13.4. The number of nitrogens with zero attached hydrogens (tertiary/aromatic N) is 1. The minimum absolute atomic E-state index is 0. The van der Waals surface area contributed by atoms with Crippen LogP contribution in [0.3, 0.4) is 0 Å². The van der Waals surface area contributed by atoms with Crippen LogP contribution in [0.1, 0.15) is 79.2 Å². The Bertz CT molecular complexity index is 1030. The van der Waals surface area contributed by atoms with Gasteiger partial charge in [0.05, 0.1) is 17.6 Å². The quantitative estimate of drug-likeness (QED) is 0.317. The predicted molar refractivity (Wildman–Crippen MR) is 147 cm³/mol. The first-order chi connectivity index (χ1) is 18.0. The first kappa shape index (κ1) is 30.9. The summed E-state index contributed by atoms with van der Waals surface area (Å²) in [5.74, 6) is 1.04. The molecule has 9 rings (SSSR count). The van der Waals surface area contributed by atoms with Gasteiger partial charge in [-0.05, 0) is 68.4 Å². The van der Waals surface area contributed by atoms with Gasteiger partial charge < -0.3 is 35.0 Å². The van der Waals surface area contributed by atoms with E-state index >= 15 is 0 Å². The molecule has 2 aliphatic heterocycles. The molecule has 7 nitrogen and oxygen atoms in total. The summed E-state index contributed by atoms with van der Waals surface area (Å²) in [7, 11) is -0.531. The van der Waals surface area contributed by atoms with E-state index in [1.165, 1.54) is 18.8 Å². The number of amides is 2. The van der Waals surface area contributed by atoms with Crippen LogP contribution in [0.4, 0.5) is 4.79 Å². The Morgan fingerprint density at radius 1 is 1.23 bits per heavy atom. The molecule has 4 atom stereocenters. The number of carbonyl (C=O) groups excluding carboxylic acids is 2. The summed E-state index contributed by atoms with van der Waals surface area (Å²) in [5, 5.41) is 3.04. The van der Waals surface area contributed by atoms with Crippen LogP contribution in [0.5, 0.6) is 0 Å². The Morgan fingerprint density at radius 2 is 1.90 bits per heavy atom.